The quantitative estimate of drug-likeness (QED) is 0.653. The van der Waals surface area contributed by atoms with E-state index in [9.17, 15) is 9.59 Å². The number of amides is 1. The molecule has 0 bridgehead atoms. The Labute approximate surface area is 147 Å². The fourth-order valence-electron chi connectivity index (χ4n) is 2.35. The second kappa shape index (κ2) is 6.98. The van der Waals surface area contributed by atoms with Gasteiger partial charge in [0, 0.05) is 0 Å². The molecular formula is C16H17N5O3S. The predicted molar refractivity (Wildman–Crippen MR) is 91.9 cm³/mol. The van der Waals surface area contributed by atoms with Gasteiger partial charge in [-0.2, -0.15) is 10.1 Å². The van der Waals surface area contributed by atoms with Gasteiger partial charge in [0.2, 0.25) is 0 Å². The highest BCUT2D eigenvalue weighted by Gasteiger charge is 2.13. The first-order valence-electron chi connectivity index (χ1n) is 7.55. The zero-order valence-electron chi connectivity index (χ0n) is 14.1. The number of aryl methyl sites for hydroxylation is 2. The van der Waals surface area contributed by atoms with Crippen molar-refractivity contribution in [2.45, 2.75) is 26.9 Å². The van der Waals surface area contributed by atoms with Gasteiger partial charge >= 0.3 is 5.97 Å². The van der Waals surface area contributed by atoms with E-state index in [1.165, 1.54) is 35.8 Å². The van der Waals surface area contributed by atoms with Crippen molar-refractivity contribution in [1.29, 1.82) is 0 Å². The molecule has 25 heavy (non-hydrogen) atoms. The summed E-state index contributed by atoms with van der Waals surface area (Å²) >= 11 is 1.36. The molecule has 0 saturated carbocycles. The molecule has 9 heteroatoms. The number of ether oxygens (including phenoxy) is 1. The van der Waals surface area contributed by atoms with E-state index in [-0.39, 0.29) is 19.0 Å². The van der Waals surface area contributed by atoms with Crippen LogP contribution in [0.15, 0.2) is 29.8 Å². The molecule has 0 radical (unpaired) electrons. The van der Waals surface area contributed by atoms with Crippen molar-refractivity contribution >= 4 is 33.4 Å². The summed E-state index contributed by atoms with van der Waals surface area (Å²) in [5, 5.41) is 3.90. The molecule has 1 aromatic carbocycles. The van der Waals surface area contributed by atoms with E-state index in [0.717, 1.165) is 21.3 Å². The van der Waals surface area contributed by atoms with Gasteiger partial charge in [-0.15, -0.1) is 0 Å². The monoisotopic (exact) mass is 359 g/mol. The number of esters is 1. The van der Waals surface area contributed by atoms with Gasteiger partial charge in [0.15, 0.2) is 4.80 Å². The minimum atomic E-state index is -0.400. The first-order valence-corrected chi connectivity index (χ1v) is 8.37. The van der Waals surface area contributed by atoms with E-state index in [1.807, 2.05) is 26.0 Å². The van der Waals surface area contributed by atoms with E-state index in [0.29, 0.717) is 4.80 Å². The maximum atomic E-state index is 12.2. The molecule has 0 aliphatic heterocycles. The molecule has 2 heterocycles. The lowest BCUT2D eigenvalue weighted by atomic mass is 10.1. The van der Waals surface area contributed by atoms with Crippen molar-refractivity contribution < 1.29 is 14.3 Å². The summed E-state index contributed by atoms with van der Waals surface area (Å²) in [6.45, 7) is 4.01. The van der Waals surface area contributed by atoms with Crippen LogP contribution in [0.5, 0.6) is 0 Å². The molecule has 8 nitrogen and oxygen atoms in total. The van der Waals surface area contributed by atoms with Crippen LogP contribution in [-0.4, -0.2) is 38.3 Å². The van der Waals surface area contributed by atoms with Crippen LogP contribution in [0.4, 0.5) is 0 Å². The van der Waals surface area contributed by atoms with Crippen LogP contribution in [0.25, 0.3) is 10.2 Å². The Kier molecular flexibility index (Phi) is 4.75. The minimum absolute atomic E-state index is 0.00552. The zero-order chi connectivity index (χ0) is 18.0. The van der Waals surface area contributed by atoms with E-state index >= 15 is 0 Å². The second-order valence-electron chi connectivity index (χ2n) is 5.55. The first kappa shape index (κ1) is 17.0. The molecule has 0 fully saturated rings. The molecule has 130 valence electrons. The molecular weight excluding hydrogens is 342 g/mol. The number of carbonyl (C=O) groups is 2. The smallest absolute Gasteiger partial charge is 0.325 e. The first-order chi connectivity index (χ1) is 12.0. The molecule has 1 amide bonds. The minimum Gasteiger partial charge on any atom is -0.468 e. The second-order valence-corrected chi connectivity index (χ2v) is 6.56. The standard InChI is InChI=1S/C16H17N5O3S/c1-10-4-12-13(5-11(10)2)25-16(21(12)7-15(23)24-3)19-14(22)6-20-9-17-8-18-20/h4-5,8-9H,6-7H2,1-3H3. The summed E-state index contributed by atoms with van der Waals surface area (Å²) in [6.07, 6.45) is 2.81. The van der Waals surface area contributed by atoms with Crippen molar-refractivity contribution in [3.8, 4) is 0 Å². The number of fused-ring (bicyclic) bond motifs is 1. The Morgan fingerprint density at radius 2 is 2.00 bits per heavy atom. The number of hydrogen-bond acceptors (Lipinski definition) is 6. The third-order valence-electron chi connectivity index (χ3n) is 3.80. The average Bonchev–Trinajstić information content (AvgIpc) is 3.17. The van der Waals surface area contributed by atoms with Crippen molar-refractivity contribution in [3.05, 3.63) is 40.7 Å². The molecule has 0 saturated heterocycles. The Morgan fingerprint density at radius 1 is 1.24 bits per heavy atom. The highest BCUT2D eigenvalue weighted by Crippen LogP contribution is 2.22. The van der Waals surface area contributed by atoms with Crippen LogP contribution in [0, 0.1) is 13.8 Å². The molecule has 3 rings (SSSR count). The van der Waals surface area contributed by atoms with Crippen molar-refractivity contribution in [2.24, 2.45) is 4.99 Å². The number of benzene rings is 1. The SMILES string of the molecule is COC(=O)Cn1c(=NC(=O)Cn2cncn2)sc2cc(C)c(C)cc21. The normalized spacial score (nSPS) is 11.9. The van der Waals surface area contributed by atoms with Crippen LogP contribution >= 0.6 is 11.3 Å². The zero-order valence-corrected chi connectivity index (χ0v) is 14.9. The summed E-state index contributed by atoms with van der Waals surface area (Å²) in [7, 11) is 1.33. The van der Waals surface area contributed by atoms with Gasteiger partial charge in [-0.05, 0) is 37.1 Å². The Balaban J connectivity index is 2.08. The summed E-state index contributed by atoms with van der Waals surface area (Å²) in [6, 6.07) is 4.02. The molecule has 3 aromatic rings. The number of carbonyl (C=O) groups excluding carboxylic acids is 2. The Bertz CT molecular complexity index is 1000. The molecule has 0 aliphatic rings. The highest BCUT2D eigenvalue weighted by molar-refractivity contribution is 7.16. The van der Waals surface area contributed by atoms with Crippen LogP contribution < -0.4 is 4.80 Å². The van der Waals surface area contributed by atoms with Gasteiger partial charge in [0.1, 0.15) is 25.7 Å². The number of rotatable bonds is 4. The van der Waals surface area contributed by atoms with E-state index in [2.05, 4.69) is 15.1 Å². The fourth-order valence-corrected chi connectivity index (χ4v) is 3.47. The van der Waals surface area contributed by atoms with Crippen LogP contribution in [0.3, 0.4) is 0 Å². The van der Waals surface area contributed by atoms with Gasteiger partial charge in [-0.3, -0.25) is 9.59 Å². The lowest BCUT2D eigenvalue weighted by Gasteiger charge is -2.05. The van der Waals surface area contributed by atoms with Crippen molar-refractivity contribution in [2.75, 3.05) is 7.11 Å². The fraction of sp³-hybridized carbons (Fsp3) is 0.312. The van der Waals surface area contributed by atoms with Crippen LogP contribution in [-0.2, 0) is 27.4 Å². The summed E-state index contributed by atoms with van der Waals surface area (Å²) in [5.41, 5.74) is 3.09. The molecule has 2 aromatic heterocycles. The third-order valence-corrected chi connectivity index (χ3v) is 4.84. The Morgan fingerprint density at radius 3 is 2.68 bits per heavy atom. The predicted octanol–water partition coefficient (Wildman–Crippen LogP) is 1.21. The summed E-state index contributed by atoms with van der Waals surface area (Å²) in [4.78, 5) is 32.4. The number of aromatic nitrogens is 4. The largest absolute Gasteiger partial charge is 0.468 e. The van der Waals surface area contributed by atoms with Gasteiger partial charge in [-0.25, -0.2) is 9.67 Å². The van der Waals surface area contributed by atoms with Crippen LogP contribution in [0.2, 0.25) is 0 Å². The molecule has 0 unspecified atom stereocenters. The van der Waals surface area contributed by atoms with E-state index in [4.69, 9.17) is 4.74 Å². The summed E-state index contributed by atoms with van der Waals surface area (Å²) in [5.74, 6) is -0.771. The molecule has 0 N–H and O–H groups in total. The van der Waals surface area contributed by atoms with E-state index < -0.39 is 5.97 Å². The van der Waals surface area contributed by atoms with Crippen LogP contribution in [0.1, 0.15) is 11.1 Å². The Hall–Kier alpha value is -2.81. The molecule has 0 atom stereocenters. The number of thiazole rings is 1. The van der Waals surface area contributed by atoms with Gasteiger partial charge in [0.05, 0.1) is 17.3 Å². The third kappa shape index (κ3) is 3.66. The number of hydrogen-bond donors (Lipinski definition) is 0. The van der Waals surface area contributed by atoms with Crippen molar-refractivity contribution in [1.82, 2.24) is 19.3 Å². The maximum absolute atomic E-state index is 12.2. The van der Waals surface area contributed by atoms with Gasteiger partial charge in [-0.1, -0.05) is 11.3 Å². The van der Waals surface area contributed by atoms with Crippen molar-refractivity contribution in [3.63, 3.8) is 0 Å². The highest BCUT2D eigenvalue weighted by atomic mass is 32.1. The topological polar surface area (TPSA) is 91.4 Å². The van der Waals surface area contributed by atoms with Gasteiger partial charge in [0.25, 0.3) is 5.91 Å². The lowest BCUT2D eigenvalue weighted by molar-refractivity contribution is -0.141. The van der Waals surface area contributed by atoms with Gasteiger partial charge < -0.3 is 9.30 Å². The van der Waals surface area contributed by atoms with E-state index in [1.54, 1.807) is 4.57 Å². The lowest BCUT2D eigenvalue weighted by Crippen LogP contribution is -2.23. The average molecular weight is 359 g/mol. The molecule has 0 spiro atoms. The maximum Gasteiger partial charge on any atom is 0.325 e. The number of nitrogens with zero attached hydrogens (tertiary/aromatic N) is 5. The number of methoxy groups -OCH3 is 1. The summed E-state index contributed by atoms with van der Waals surface area (Å²) < 4.78 is 8.83. The molecule has 0 aliphatic carbocycles.